The van der Waals surface area contributed by atoms with Gasteiger partial charge in [0.2, 0.25) is 0 Å². The molecule has 0 bridgehead atoms. The van der Waals surface area contributed by atoms with Gasteiger partial charge in [0.05, 0.1) is 0 Å². The van der Waals surface area contributed by atoms with E-state index in [0.29, 0.717) is 17.4 Å². The summed E-state index contributed by atoms with van der Waals surface area (Å²) < 4.78 is 13.4. The normalized spacial score (nSPS) is 13.3. The summed E-state index contributed by atoms with van der Waals surface area (Å²) in [6.45, 7) is 1.89. The van der Waals surface area contributed by atoms with E-state index in [1.807, 2.05) is 0 Å². The maximum absolute atomic E-state index is 13.4. The van der Waals surface area contributed by atoms with Gasteiger partial charge >= 0.3 is 5.97 Å². The lowest BCUT2D eigenvalue weighted by atomic mass is 10.2. The van der Waals surface area contributed by atoms with Gasteiger partial charge in [0.15, 0.2) is 16.6 Å². The molecule has 5 nitrogen and oxygen atoms in total. The Morgan fingerprint density at radius 3 is 2.81 bits per heavy atom. The minimum atomic E-state index is -1.23. The highest BCUT2D eigenvalue weighted by molar-refractivity contribution is 7.17. The highest BCUT2D eigenvalue weighted by Crippen LogP contribution is 2.38. The Bertz CT molecular complexity index is 725. The van der Waals surface area contributed by atoms with Crippen LogP contribution in [-0.2, 0) is 6.42 Å². The van der Waals surface area contributed by atoms with Crippen LogP contribution < -0.4 is 4.90 Å². The second-order valence-corrected chi connectivity index (χ2v) is 5.69. The summed E-state index contributed by atoms with van der Waals surface area (Å²) in [5, 5.41) is 9.53. The Kier molecular flexibility index (Phi) is 3.21. The van der Waals surface area contributed by atoms with Crippen LogP contribution in [0.15, 0.2) is 18.2 Å². The number of halogens is 1. The molecule has 21 heavy (non-hydrogen) atoms. The number of nitrogens with zero attached hydrogens (tertiary/aromatic N) is 2. The lowest BCUT2D eigenvalue weighted by Crippen LogP contribution is -2.13. The van der Waals surface area contributed by atoms with Crippen molar-refractivity contribution in [2.24, 2.45) is 0 Å². The number of carboxylic acid groups (broad SMARTS) is 1. The van der Waals surface area contributed by atoms with Gasteiger partial charge in [-0.1, -0.05) is 17.4 Å². The molecule has 1 aliphatic heterocycles. The van der Waals surface area contributed by atoms with Gasteiger partial charge in [0, 0.05) is 19.2 Å². The molecule has 1 aliphatic rings. The number of rotatable bonds is 3. The van der Waals surface area contributed by atoms with E-state index < -0.39 is 5.97 Å². The van der Waals surface area contributed by atoms with Gasteiger partial charge in [-0.25, -0.2) is 14.2 Å². The van der Waals surface area contributed by atoms with E-state index in [-0.39, 0.29) is 22.2 Å². The van der Waals surface area contributed by atoms with Crippen molar-refractivity contribution < 1.29 is 19.1 Å². The zero-order chi connectivity index (χ0) is 15.1. The summed E-state index contributed by atoms with van der Waals surface area (Å²) in [6, 6.07) is 4.51. The minimum absolute atomic E-state index is 0.113. The third-order valence-electron chi connectivity index (χ3n) is 3.31. The second kappa shape index (κ2) is 4.92. The summed E-state index contributed by atoms with van der Waals surface area (Å²) in [4.78, 5) is 28.6. The van der Waals surface area contributed by atoms with Gasteiger partial charge in [-0.05, 0) is 24.1 Å². The first-order valence-corrected chi connectivity index (χ1v) is 7.10. The lowest BCUT2D eigenvalue weighted by Gasteiger charge is -2.15. The Morgan fingerprint density at radius 2 is 2.19 bits per heavy atom. The van der Waals surface area contributed by atoms with E-state index >= 15 is 0 Å². The number of carboxylic acids is 1. The lowest BCUT2D eigenvalue weighted by molar-refractivity contribution is 0.0687. The first-order chi connectivity index (χ1) is 9.97. The number of benzene rings is 1. The molecular weight excluding hydrogens is 295 g/mol. The molecule has 1 aromatic heterocycles. The third kappa shape index (κ3) is 2.29. The molecule has 0 fully saturated rings. The zero-order valence-electron chi connectivity index (χ0n) is 11.1. The number of carbonyl (C=O) groups is 2. The number of aromatic carboxylic acids is 1. The molecule has 7 heteroatoms. The average molecular weight is 306 g/mol. The van der Waals surface area contributed by atoms with E-state index in [2.05, 4.69) is 4.98 Å². The van der Waals surface area contributed by atoms with Crippen molar-refractivity contribution in [1.82, 2.24) is 4.98 Å². The molecule has 1 aromatic carbocycles. The number of Topliss-reactive ketones (excluding diaryl/α,β-unsaturated/α-hetero) is 1. The topological polar surface area (TPSA) is 70.5 Å². The van der Waals surface area contributed by atoms with Crippen molar-refractivity contribution in [3.05, 3.63) is 40.2 Å². The zero-order valence-corrected chi connectivity index (χ0v) is 11.9. The largest absolute Gasteiger partial charge is 0.476 e. The van der Waals surface area contributed by atoms with Gasteiger partial charge in [0.25, 0.3) is 0 Å². The van der Waals surface area contributed by atoms with Gasteiger partial charge in [-0.3, -0.25) is 4.79 Å². The summed E-state index contributed by atoms with van der Waals surface area (Å²) in [5.41, 5.74) is 1.41. The van der Waals surface area contributed by atoms with Crippen LogP contribution in [-0.4, -0.2) is 28.4 Å². The molecule has 108 valence electrons. The first-order valence-electron chi connectivity index (χ1n) is 6.28. The van der Waals surface area contributed by atoms with Crippen LogP contribution in [0.4, 0.5) is 15.2 Å². The molecule has 0 amide bonds. The number of anilines is 2. The van der Waals surface area contributed by atoms with E-state index in [9.17, 15) is 14.0 Å². The number of ketones is 1. The van der Waals surface area contributed by atoms with Crippen LogP contribution in [0.5, 0.6) is 0 Å². The Balaban J connectivity index is 2.08. The molecule has 0 saturated carbocycles. The fraction of sp³-hybridized carbons (Fsp3) is 0.214. The fourth-order valence-corrected chi connectivity index (χ4v) is 3.35. The number of thiazole rings is 1. The van der Waals surface area contributed by atoms with Crippen LogP contribution in [0.25, 0.3) is 0 Å². The van der Waals surface area contributed by atoms with Crippen LogP contribution in [0, 0.1) is 5.82 Å². The van der Waals surface area contributed by atoms with Gasteiger partial charge in [0.1, 0.15) is 10.7 Å². The first kappa shape index (κ1) is 13.7. The maximum atomic E-state index is 13.4. The van der Waals surface area contributed by atoms with E-state index in [1.165, 1.54) is 19.1 Å². The SMILES string of the molecule is CC(=O)c1sc(N2CCc3ccc(F)cc32)nc1C(=O)O. The quantitative estimate of drug-likeness (QED) is 0.883. The number of hydrogen-bond acceptors (Lipinski definition) is 5. The summed E-state index contributed by atoms with van der Waals surface area (Å²) >= 11 is 1.02. The van der Waals surface area contributed by atoms with Crippen molar-refractivity contribution in [3.8, 4) is 0 Å². The van der Waals surface area contributed by atoms with Crippen molar-refractivity contribution in [1.29, 1.82) is 0 Å². The molecule has 0 saturated heterocycles. The summed E-state index contributed by atoms with van der Waals surface area (Å²) in [6.07, 6.45) is 0.729. The van der Waals surface area contributed by atoms with Crippen LogP contribution in [0.2, 0.25) is 0 Å². The van der Waals surface area contributed by atoms with Gasteiger partial charge in [-0.2, -0.15) is 0 Å². The Labute approximate surface area is 123 Å². The molecule has 1 N–H and O–H groups in total. The predicted molar refractivity (Wildman–Crippen MR) is 76.2 cm³/mol. The van der Waals surface area contributed by atoms with Crippen molar-refractivity contribution in [2.45, 2.75) is 13.3 Å². The van der Waals surface area contributed by atoms with E-state index in [0.717, 1.165) is 23.3 Å². The monoisotopic (exact) mass is 306 g/mol. The second-order valence-electron chi connectivity index (χ2n) is 4.71. The molecule has 3 rings (SSSR count). The smallest absolute Gasteiger partial charge is 0.356 e. The highest BCUT2D eigenvalue weighted by atomic mass is 32.1. The fourth-order valence-electron chi connectivity index (χ4n) is 2.36. The number of hydrogen-bond donors (Lipinski definition) is 1. The van der Waals surface area contributed by atoms with Crippen molar-refractivity contribution >= 4 is 33.9 Å². The molecule has 0 spiro atoms. The van der Waals surface area contributed by atoms with Gasteiger partial charge < -0.3 is 10.0 Å². The predicted octanol–water partition coefficient (Wildman–Crippen LogP) is 2.88. The number of fused-ring (bicyclic) bond motifs is 1. The molecule has 0 aliphatic carbocycles. The molecule has 0 unspecified atom stereocenters. The Hall–Kier alpha value is -2.28. The van der Waals surface area contributed by atoms with Crippen LogP contribution >= 0.6 is 11.3 Å². The standard InChI is InChI=1S/C14H11FN2O3S/c1-7(18)12-11(13(19)20)16-14(21-12)17-5-4-8-2-3-9(15)6-10(8)17/h2-3,6H,4-5H2,1H3,(H,19,20). The highest BCUT2D eigenvalue weighted by Gasteiger charge is 2.27. The third-order valence-corrected chi connectivity index (χ3v) is 4.49. The number of carbonyl (C=O) groups excluding carboxylic acids is 1. The van der Waals surface area contributed by atoms with Crippen molar-refractivity contribution in [3.63, 3.8) is 0 Å². The van der Waals surface area contributed by atoms with Gasteiger partial charge in [-0.15, -0.1) is 0 Å². The molecular formula is C14H11FN2O3S. The molecule has 0 radical (unpaired) electrons. The molecule has 0 atom stereocenters. The van der Waals surface area contributed by atoms with Crippen LogP contribution in [0.3, 0.4) is 0 Å². The van der Waals surface area contributed by atoms with E-state index in [1.54, 1.807) is 11.0 Å². The maximum Gasteiger partial charge on any atom is 0.356 e. The molecule has 2 heterocycles. The minimum Gasteiger partial charge on any atom is -0.476 e. The van der Waals surface area contributed by atoms with Crippen molar-refractivity contribution in [2.75, 3.05) is 11.4 Å². The summed E-state index contributed by atoms with van der Waals surface area (Å²) in [5.74, 6) is -1.93. The Morgan fingerprint density at radius 1 is 1.43 bits per heavy atom. The molecule has 2 aromatic rings. The summed E-state index contributed by atoms with van der Waals surface area (Å²) in [7, 11) is 0. The average Bonchev–Trinajstić information content (AvgIpc) is 3.01. The van der Waals surface area contributed by atoms with E-state index in [4.69, 9.17) is 5.11 Å². The van der Waals surface area contributed by atoms with Crippen LogP contribution in [0.1, 0.15) is 32.6 Å². The number of aromatic nitrogens is 1.